The maximum absolute atomic E-state index is 12.3. The van der Waals surface area contributed by atoms with Gasteiger partial charge in [-0.25, -0.2) is 4.57 Å². The van der Waals surface area contributed by atoms with Crippen LogP contribution in [0.1, 0.15) is 20.1 Å². The Kier molecular flexibility index (Phi) is 4.35. The normalized spacial score (nSPS) is 40.0. The molecule has 1 aromatic heterocycles. The number of aliphatic hydroxyl groups is 1. The Hall–Kier alpha value is -0.870. The van der Waals surface area contributed by atoms with Crippen molar-refractivity contribution in [1.29, 1.82) is 0 Å². The number of fused-ring (bicyclic) bond motifs is 1. The fourth-order valence-corrected chi connectivity index (χ4v) is 4.44. The SMILES string of the molecule is CCOP1(=O)OC[C@H]2O[C@@H](n3ccc(=O)[nH]c3=S)C(C)(O)C2O1. The van der Waals surface area contributed by atoms with Crippen molar-refractivity contribution in [3.8, 4) is 0 Å². The molecule has 2 aliphatic heterocycles. The molecule has 2 fully saturated rings. The zero-order valence-electron chi connectivity index (χ0n) is 12.5. The van der Waals surface area contributed by atoms with E-state index in [2.05, 4.69) is 4.98 Å². The van der Waals surface area contributed by atoms with E-state index in [9.17, 15) is 14.5 Å². The predicted octanol–water partition coefficient (Wildman–Crippen LogP) is 1.11. The number of nitrogens with one attached hydrogen (secondary N) is 1. The van der Waals surface area contributed by atoms with Crippen molar-refractivity contribution in [2.45, 2.75) is 37.9 Å². The number of hydrogen-bond donors (Lipinski definition) is 2. The smallest absolute Gasteiger partial charge is 0.383 e. The summed E-state index contributed by atoms with van der Waals surface area (Å²) in [5, 5.41) is 10.9. The lowest BCUT2D eigenvalue weighted by atomic mass is 9.96. The van der Waals surface area contributed by atoms with Crippen LogP contribution in [0, 0.1) is 4.77 Å². The lowest BCUT2D eigenvalue weighted by Gasteiger charge is -2.34. The number of phosphoric acid groups is 1. The molecule has 0 amide bonds. The molecule has 2 saturated heterocycles. The monoisotopic (exact) mass is 364 g/mol. The average molecular weight is 364 g/mol. The fourth-order valence-electron chi connectivity index (χ4n) is 2.71. The first-order valence-electron chi connectivity index (χ1n) is 7.03. The van der Waals surface area contributed by atoms with Gasteiger partial charge in [0.05, 0.1) is 13.2 Å². The first-order valence-corrected chi connectivity index (χ1v) is 8.90. The highest BCUT2D eigenvalue weighted by atomic mass is 32.1. The Morgan fingerprint density at radius 3 is 3.04 bits per heavy atom. The molecular formula is C12H17N2O7PS. The lowest BCUT2D eigenvalue weighted by Crippen LogP contribution is -2.47. The molecule has 9 nitrogen and oxygen atoms in total. The van der Waals surface area contributed by atoms with Gasteiger partial charge in [0.1, 0.15) is 17.8 Å². The summed E-state index contributed by atoms with van der Waals surface area (Å²) in [6.07, 6.45) is -1.09. The summed E-state index contributed by atoms with van der Waals surface area (Å²) in [4.78, 5) is 13.7. The first-order chi connectivity index (χ1) is 10.8. The molecule has 3 heterocycles. The van der Waals surface area contributed by atoms with E-state index < -0.39 is 31.9 Å². The van der Waals surface area contributed by atoms with Gasteiger partial charge in [-0.15, -0.1) is 0 Å². The van der Waals surface area contributed by atoms with E-state index in [-0.39, 0.29) is 23.5 Å². The van der Waals surface area contributed by atoms with E-state index in [1.54, 1.807) is 6.92 Å². The third kappa shape index (κ3) is 2.96. The second-order valence-corrected chi connectivity index (χ2v) is 7.47. The summed E-state index contributed by atoms with van der Waals surface area (Å²) in [7, 11) is -3.73. The maximum atomic E-state index is 12.3. The molecule has 3 unspecified atom stereocenters. The fraction of sp³-hybridized carbons (Fsp3) is 0.667. The van der Waals surface area contributed by atoms with Crippen LogP contribution in [0.4, 0.5) is 0 Å². The molecule has 5 atom stereocenters. The van der Waals surface area contributed by atoms with Crippen molar-refractivity contribution in [2.75, 3.05) is 13.2 Å². The Morgan fingerprint density at radius 2 is 2.39 bits per heavy atom. The van der Waals surface area contributed by atoms with Gasteiger partial charge in [0.25, 0.3) is 5.56 Å². The Balaban J connectivity index is 1.94. The van der Waals surface area contributed by atoms with Crippen LogP contribution in [0.5, 0.6) is 0 Å². The number of hydrogen-bond acceptors (Lipinski definition) is 8. The van der Waals surface area contributed by atoms with Crippen LogP contribution in [0.2, 0.25) is 0 Å². The van der Waals surface area contributed by atoms with Crippen LogP contribution in [0.25, 0.3) is 0 Å². The number of H-pyrrole nitrogens is 1. The molecule has 128 valence electrons. The molecule has 0 radical (unpaired) electrons. The largest absolute Gasteiger partial charge is 0.475 e. The summed E-state index contributed by atoms with van der Waals surface area (Å²) >= 11 is 5.10. The third-order valence-electron chi connectivity index (χ3n) is 3.75. The molecule has 2 N–H and O–H groups in total. The van der Waals surface area contributed by atoms with Gasteiger partial charge in [-0.3, -0.25) is 27.9 Å². The van der Waals surface area contributed by atoms with Gasteiger partial charge in [-0.1, -0.05) is 0 Å². The van der Waals surface area contributed by atoms with Crippen LogP contribution in [-0.4, -0.2) is 45.7 Å². The Morgan fingerprint density at radius 1 is 1.65 bits per heavy atom. The quantitative estimate of drug-likeness (QED) is 0.606. The highest BCUT2D eigenvalue weighted by molar-refractivity contribution is 7.71. The summed E-state index contributed by atoms with van der Waals surface area (Å²) in [6.45, 7) is 3.23. The molecule has 2 aliphatic rings. The first kappa shape index (κ1) is 17.0. The topological polar surface area (TPSA) is 112 Å². The van der Waals surface area contributed by atoms with Crippen molar-refractivity contribution in [3.63, 3.8) is 0 Å². The van der Waals surface area contributed by atoms with Gasteiger partial charge in [0.15, 0.2) is 11.0 Å². The van der Waals surface area contributed by atoms with Crippen LogP contribution in [0.3, 0.4) is 0 Å². The minimum absolute atomic E-state index is 0.0503. The molecule has 0 spiro atoms. The van der Waals surface area contributed by atoms with Gasteiger partial charge in [0, 0.05) is 12.3 Å². The minimum atomic E-state index is -3.73. The van der Waals surface area contributed by atoms with Crippen molar-refractivity contribution in [3.05, 3.63) is 27.4 Å². The van der Waals surface area contributed by atoms with Crippen LogP contribution >= 0.6 is 20.0 Å². The van der Waals surface area contributed by atoms with Crippen LogP contribution in [-0.2, 0) is 22.9 Å². The number of phosphoric ester groups is 1. The van der Waals surface area contributed by atoms with Crippen molar-refractivity contribution < 1.29 is 28.0 Å². The van der Waals surface area contributed by atoms with E-state index in [1.807, 2.05) is 0 Å². The zero-order chi connectivity index (χ0) is 16.8. The molecule has 0 bridgehead atoms. The third-order valence-corrected chi connectivity index (χ3v) is 5.59. The molecule has 3 rings (SSSR count). The zero-order valence-corrected chi connectivity index (χ0v) is 14.2. The van der Waals surface area contributed by atoms with Gasteiger partial charge in [-0.2, -0.15) is 0 Å². The Labute approximate surface area is 136 Å². The van der Waals surface area contributed by atoms with Gasteiger partial charge in [-0.05, 0) is 26.1 Å². The van der Waals surface area contributed by atoms with Crippen LogP contribution in [0.15, 0.2) is 17.1 Å². The lowest BCUT2D eigenvalue weighted by molar-refractivity contribution is -0.0933. The van der Waals surface area contributed by atoms with E-state index in [0.29, 0.717) is 0 Å². The predicted molar refractivity (Wildman–Crippen MR) is 80.5 cm³/mol. The van der Waals surface area contributed by atoms with Crippen molar-refractivity contribution >= 4 is 20.0 Å². The standard InChI is InChI=1S/C12H17N2O7PS/c1-3-18-22(17)19-6-7-9(21-22)12(2,16)10(20-7)14-5-4-8(15)13-11(14)23/h4-5,7,9-10,16H,3,6H2,1-2H3,(H,13,15,23)/t7-,9?,10-,12?,22?/m1/s1. The summed E-state index contributed by atoms with van der Waals surface area (Å²) in [5.41, 5.74) is -1.92. The van der Waals surface area contributed by atoms with E-state index in [0.717, 1.165) is 0 Å². The minimum Gasteiger partial charge on any atom is -0.383 e. The molecule has 11 heteroatoms. The molecule has 0 aliphatic carbocycles. The molecule has 0 aromatic carbocycles. The molecule has 23 heavy (non-hydrogen) atoms. The summed E-state index contributed by atoms with van der Waals surface area (Å²) in [6, 6.07) is 1.26. The molecule has 1 aromatic rings. The molecule has 0 saturated carbocycles. The van der Waals surface area contributed by atoms with Gasteiger partial charge < -0.3 is 9.84 Å². The van der Waals surface area contributed by atoms with Gasteiger partial charge >= 0.3 is 7.82 Å². The molecular weight excluding hydrogens is 347 g/mol. The highest BCUT2D eigenvalue weighted by Gasteiger charge is 2.59. The second-order valence-electron chi connectivity index (χ2n) is 5.46. The second kappa shape index (κ2) is 5.89. The Bertz CT molecular complexity index is 760. The van der Waals surface area contributed by atoms with Crippen LogP contribution < -0.4 is 5.56 Å². The van der Waals surface area contributed by atoms with E-state index >= 15 is 0 Å². The van der Waals surface area contributed by atoms with E-state index in [1.165, 1.54) is 23.8 Å². The summed E-state index contributed by atoms with van der Waals surface area (Å²) < 4.78 is 35.1. The average Bonchev–Trinajstić information content (AvgIpc) is 2.71. The van der Waals surface area contributed by atoms with Gasteiger partial charge in [0.2, 0.25) is 0 Å². The number of aromatic nitrogens is 2. The number of ether oxygens (including phenoxy) is 1. The van der Waals surface area contributed by atoms with Crippen molar-refractivity contribution in [1.82, 2.24) is 9.55 Å². The highest BCUT2D eigenvalue weighted by Crippen LogP contribution is 2.58. The number of aromatic amines is 1. The number of rotatable bonds is 3. The van der Waals surface area contributed by atoms with E-state index in [4.69, 9.17) is 30.5 Å². The maximum Gasteiger partial charge on any atom is 0.475 e. The van der Waals surface area contributed by atoms with Crippen molar-refractivity contribution in [2.24, 2.45) is 0 Å². The number of nitrogens with zero attached hydrogens (tertiary/aromatic N) is 1. The summed E-state index contributed by atoms with van der Waals surface area (Å²) in [5.74, 6) is 0.